The monoisotopic (exact) mass is 335 g/mol. The van der Waals surface area contributed by atoms with Crippen molar-refractivity contribution in [2.45, 2.75) is 38.6 Å². The summed E-state index contributed by atoms with van der Waals surface area (Å²) in [4.78, 5) is 5.69. The third-order valence-electron chi connectivity index (χ3n) is 3.99. The molecule has 2 atom stereocenters. The lowest BCUT2D eigenvalue weighted by molar-refractivity contribution is -0.141. The SMILES string of the molecule is CCOC[C@@H](O)CN(C)C[C@H]1CCc2nc(C(F)(F)F)cn2C1. The molecule has 1 aliphatic rings. The van der Waals surface area contributed by atoms with Gasteiger partial charge in [-0.25, -0.2) is 4.98 Å². The number of halogens is 3. The summed E-state index contributed by atoms with van der Waals surface area (Å²) in [5, 5.41) is 9.82. The van der Waals surface area contributed by atoms with Crippen molar-refractivity contribution in [3.05, 3.63) is 17.7 Å². The third-order valence-corrected chi connectivity index (χ3v) is 3.99. The standard InChI is InChI=1S/C15H24F3N3O2/c1-3-23-10-12(22)8-20(2)6-11-4-5-14-19-13(15(16,17)18)9-21(14)7-11/h9,11-12,22H,3-8,10H2,1-2H3/t11-,12+/m1/s1. The second kappa shape index (κ2) is 7.63. The molecular weight excluding hydrogens is 311 g/mol. The highest BCUT2D eigenvalue weighted by Gasteiger charge is 2.35. The van der Waals surface area contributed by atoms with Gasteiger partial charge in [0.15, 0.2) is 5.69 Å². The highest BCUT2D eigenvalue weighted by molar-refractivity contribution is 5.09. The molecule has 23 heavy (non-hydrogen) atoms. The van der Waals surface area contributed by atoms with Crippen LogP contribution in [0, 0.1) is 5.92 Å². The Bertz CT molecular complexity index is 505. The molecule has 1 aromatic heterocycles. The maximum atomic E-state index is 12.7. The van der Waals surface area contributed by atoms with E-state index in [1.807, 2.05) is 18.9 Å². The zero-order valence-electron chi connectivity index (χ0n) is 13.5. The Morgan fingerprint density at radius 3 is 2.91 bits per heavy atom. The number of rotatable bonds is 7. The number of fused-ring (bicyclic) bond motifs is 1. The van der Waals surface area contributed by atoms with E-state index in [-0.39, 0.29) is 5.92 Å². The van der Waals surface area contributed by atoms with Crippen LogP contribution in [0.3, 0.4) is 0 Å². The first kappa shape index (κ1) is 18.2. The molecule has 132 valence electrons. The minimum absolute atomic E-state index is 0.252. The first-order valence-electron chi connectivity index (χ1n) is 7.87. The van der Waals surface area contributed by atoms with E-state index in [1.165, 1.54) is 0 Å². The number of nitrogens with zero attached hydrogens (tertiary/aromatic N) is 3. The molecule has 0 aliphatic carbocycles. The van der Waals surface area contributed by atoms with Gasteiger partial charge >= 0.3 is 6.18 Å². The molecule has 0 radical (unpaired) electrons. The minimum atomic E-state index is -4.39. The van der Waals surface area contributed by atoms with Crippen LogP contribution in [0.2, 0.25) is 0 Å². The van der Waals surface area contributed by atoms with Crippen molar-refractivity contribution in [3.8, 4) is 0 Å². The fourth-order valence-electron chi connectivity index (χ4n) is 2.98. The summed E-state index contributed by atoms with van der Waals surface area (Å²) in [7, 11) is 1.90. The Balaban J connectivity index is 1.86. The fraction of sp³-hybridized carbons (Fsp3) is 0.800. The van der Waals surface area contributed by atoms with Gasteiger partial charge in [0.1, 0.15) is 5.82 Å². The van der Waals surface area contributed by atoms with Gasteiger partial charge < -0.3 is 19.3 Å². The molecule has 1 N–H and O–H groups in total. The number of aliphatic hydroxyl groups is 1. The van der Waals surface area contributed by atoms with Crippen molar-refractivity contribution in [1.29, 1.82) is 0 Å². The number of likely N-dealkylation sites (N-methyl/N-ethyl adjacent to an activating group) is 1. The molecule has 0 fully saturated rings. The van der Waals surface area contributed by atoms with Crippen LogP contribution in [0.25, 0.3) is 0 Å². The van der Waals surface area contributed by atoms with Crippen molar-refractivity contribution >= 4 is 0 Å². The summed E-state index contributed by atoms with van der Waals surface area (Å²) in [6.45, 7) is 4.48. The van der Waals surface area contributed by atoms with Crippen molar-refractivity contribution in [2.75, 3.05) is 33.4 Å². The van der Waals surface area contributed by atoms with Gasteiger partial charge in [0.05, 0.1) is 12.7 Å². The molecule has 1 aromatic rings. The molecule has 0 saturated heterocycles. The van der Waals surface area contributed by atoms with Gasteiger partial charge in [0.2, 0.25) is 0 Å². The second-order valence-electron chi connectivity index (χ2n) is 6.13. The van der Waals surface area contributed by atoms with E-state index >= 15 is 0 Å². The Morgan fingerprint density at radius 1 is 1.52 bits per heavy atom. The Kier molecular flexibility index (Phi) is 6.05. The number of hydrogen-bond donors (Lipinski definition) is 1. The minimum Gasteiger partial charge on any atom is -0.389 e. The van der Waals surface area contributed by atoms with E-state index in [4.69, 9.17) is 4.74 Å². The van der Waals surface area contributed by atoms with Crippen LogP contribution in [-0.4, -0.2) is 59.0 Å². The zero-order valence-corrected chi connectivity index (χ0v) is 13.5. The van der Waals surface area contributed by atoms with Crippen molar-refractivity contribution in [1.82, 2.24) is 14.5 Å². The topological polar surface area (TPSA) is 50.5 Å². The van der Waals surface area contributed by atoms with Crippen LogP contribution in [-0.2, 0) is 23.9 Å². The number of imidazole rings is 1. The summed E-state index contributed by atoms with van der Waals surface area (Å²) in [5.41, 5.74) is -0.811. The van der Waals surface area contributed by atoms with Crippen LogP contribution in [0.5, 0.6) is 0 Å². The Morgan fingerprint density at radius 2 is 2.26 bits per heavy atom. The molecule has 1 aliphatic heterocycles. The first-order valence-corrected chi connectivity index (χ1v) is 7.87. The maximum absolute atomic E-state index is 12.7. The van der Waals surface area contributed by atoms with Crippen LogP contribution < -0.4 is 0 Å². The third kappa shape index (κ3) is 5.19. The summed E-state index contributed by atoms with van der Waals surface area (Å²) < 4.78 is 44.9. The predicted molar refractivity (Wildman–Crippen MR) is 79.0 cm³/mol. The normalized spacial score (nSPS) is 19.9. The van der Waals surface area contributed by atoms with E-state index in [2.05, 4.69) is 4.98 Å². The van der Waals surface area contributed by atoms with Crippen LogP contribution in [0.4, 0.5) is 13.2 Å². The zero-order chi connectivity index (χ0) is 17.0. The number of alkyl halides is 3. The molecule has 0 aromatic carbocycles. The number of hydrogen-bond acceptors (Lipinski definition) is 4. The second-order valence-corrected chi connectivity index (χ2v) is 6.13. The van der Waals surface area contributed by atoms with Crippen LogP contribution >= 0.6 is 0 Å². The van der Waals surface area contributed by atoms with Crippen molar-refractivity contribution < 1.29 is 23.0 Å². The van der Waals surface area contributed by atoms with Gasteiger partial charge in [-0.05, 0) is 26.3 Å². The number of aryl methyl sites for hydroxylation is 1. The molecule has 8 heteroatoms. The molecule has 0 unspecified atom stereocenters. The molecule has 5 nitrogen and oxygen atoms in total. The Labute approximate surface area is 134 Å². The molecule has 2 heterocycles. The predicted octanol–water partition coefficient (Wildman–Crippen LogP) is 1.79. The molecule has 0 amide bonds. The highest BCUT2D eigenvalue weighted by Crippen LogP contribution is 2.30. The van der Waals surface area contributed by atoms with Gasteiger partial charge in [0.25, 0.3) is 0 Å². The summed E-state index contributed by atoms with van der Waals surface area (Å²) >= 11 is 0. The molecule has 0 saturated carbocycles. The lowest BCUT2D eigenvalue weighted by Crippen LogP contribution is -2.37. The highest BCUT2D eigenvalue weighted by atomic mass is 19.4. The van der Waals surface area contributed by atoms with Crippen LogP contribution in [0.15, 0.2) is 6.20 Å². The van der Waals surface area contributed by atoms with Gasteiger partial charge in [-0.15, -0.1) is 0 Å². The van der Waals surface area contributed by atoms with Gasteiger partial charge in [0, 0.05) is 38.9 Å². The molecule has 0 bridgehead atoms. The van der Waals surface area contributed by atoms with E-state index < -0.39 is 18.0 Å². The van der Waals surface area contributed by atoms with E-state index in [0.29, 0.717) is 38.5 Å². The lowest BCUT2D eigenvalue weighted by Gasteiger charge is -2.29. The first-order chi connectivity index (χ1) is 10.8. The summed E-state index contributed by atoms with van der Waals surface area (Å²) in [5.74, 6) is 0.759. The van der Waals surface area contributed by atoms with Crippen molar-refractivity contribution in [2.24, 2.45) is 5.92 Å². The quantitative estimate of drug-likeness (QED) is 0.825. The summed E-state index contributed by atoms with van der Waals surface area (Å²) in [6.07, 6.45) is -2.48. The van der Waals surface area contributed by atoms with E-state index in [1.54, 1.807) is 4.57 Å². The van der Waals surface area contributed by atoms with Crippen LogP contribution in [0.1, 0.15) is 24.9 Å². The molecule has 0 spiro atoms. The van der Waals surface area contributed by atoms with E-state index in [0.717, 1.165) is 19.2 Å². The largest absolute Gasteiger partial charge is 0.434 e. The summed E-state index contributed by atoms with van der Waals surface area (Å²) in [6, 6.07) is 0. The molecule has 2 rings (SSSR count). The van der Waals surface area contributed by atoms with Gasteiger partial charge in [-0.3, -0.25) is 0 Å². The smallest absolute Gasteiger partial charge is 0.389 e. The van der Waals surface area contributed by atoms with E-state index in [9.17, 15) is 18.3 Å². The number of aromatic nitrogens is 2. The Hall–Kier alpha value is -1.12. The number of aliphatic hydroxyl groups excluding tert-OH is 1. The molecular formula is C15H24F3N3O2. The van der Waals surface area contributed by atoms with Gasteiger partial charge in [-0.1, -0.05) is 0 Å². The lowest BCUT2D eigenvalue weighted by atomic mass is 9.99. The van der Waals surface area contributed by atoms with Gasteiger partial charge in [-0.2, -0.15) is 13.2 Å². The van der Waals surface area contributed by atoms with Crippen molar-refractivity contribution in [3.63, 3.8) is 0 Å². The average molecular weight is 335 g/mol. The fourth-order valence-corrected chi connectivity index (χ4v) is 2.98. The maximum Gasteiger partial charge on any atom is 0.434 e. The average Bonchev–Trinajstić information content (AvgIpc) is 2.88. The number of ether oxygens (including phenoxy) is 1.